The van der Waals surface area contributed by atoms with Crippen LogP contribution in [0.2, 0.25) is 0 Å². The first-order chi connectivity index (χ1) is 10.6. The second kappa shape index (κ2) is 5.84. The summed E-state index contributed by atoms with van der Waals surface area (Å²) in [5.74, 6) is -1.07. The Morgan fingerprint density at radius 2 is 1.86 bits per heavy atom. The van der Waals surface area contributed by atoms with Gasteiger partial charge in [-0.15, -0.1) is 0 Å². The Morgan fingerprint density at radius 1 is 1.14 bits per heavy atom. The van der Waals surface area contributed by atoms with Gasteiger partial charge < -0.3 is 5.11 Å². The number of aliphatic hydroxyl groups is 1. The first-order valence-corrected chi connectivity index (χ1v) is 6.96. The highest BCUT2D eigenvalue weighted by atomic mass is 19.1. The van der Waals surface area contributed by atoms with Crippen LogP contribution in [-0.2, 0) is 0 Å². The van der Waals surface area contributed by atoms with Crippen LogP contribution in [0.3, 0.4) is 0 Å². The molecule has 0 spiro atoms. The second-order valence-corrected chi connectivity index (χ2v) is 5.33. The first kappa shape index (κ1) is 14.6. The minimum atomic E-state index is -0.492. The number of nitriles is 1. The van der Waals surface area contributed by atoms with E-state index in [0.717, 1.165) is 23.8 Å². The molecule has 0 aliphatic carbocycles. The van der Waals surface area contributed by atoms with Crippen molar-refractivity contribution in [3.63, 3.8) is 0 Å². The average Bonchev–Trinajstić information content (AvgIpc) is 2.50. The molecule has 0 aromatic heterocycles. The van der Waals surface area contributed by atoms with E-state index in [0.29, 0.717) is 5.56 Å². The molecule has 0 amide bonds. The van der Waals surface area contributed by atoms with E-state index in [1.54, 1.807) is 24.3 Å². The van der Waals surface area contributed by atoms with Gasteiger partial charge in [-0.05, 0) is 29.3 Å². The third-order valence-electron chi connectivity index (χ3n) is 4.06. The van der Waals surface area contributed by atoms with Crippen molar-refractivity contribution >= 4 is 0 Å². The third-order valence-corrected chi connectivity index (χ3v) is 4.06. The SMILES string of the molecule is N#C[C@@H]1N[C@@H](CO)[C@H]1c1ccc(-c2cc(F)ccc2F)cc1. The Kier molecular flexibility index (Phi) is 3.88. The summed E-state index contributed by atoms with van der Waals surface area (Å²) >= 11 is 0. The zero-order valence-corrected chi connectivity index (χ0v) is 11.6. The van der Waals surface area contributed by atoms with Crippen molar-refractivity contribution in [2.24, 2.45) is 0 Å². The van der Waals surface area contributed by atoms with Gasteiger partial charge in [-0.3, -0.25) is 5.32 Å². The van der Waals surface area contributed by atoms with Crippen LogP contribution in [0.5, 0.6) is 0 Å². The predicted molar refractivity (Wildman–Crippen MR) is 77.9 cm³/mol. The topological polar surface area (TPSA) is 56.0 Å². The van der Waals surface area contributed by atoms with Gasteiger partial charge in [-0.25, -0.2) is 8.78 Å². The van der Waals surface area contributed by atoms with Gasteiger partial charge in [-0.1, -0.05) is 24.3 Å². The molecule has 2 aromatic carbocycles. The Bertz CT molecular complexity index is 724. The fourth-order valence-electron chi connectivity index (χ4n) is 2.86. The lowest BCUT2D eigenvalue weighted by Crippen LogP contribution is -2.60. The lowest BCUT2D eigenvalue weighted by molar-refractivity contribution is 0.151. The van der Waals surface area contributed by atoms with Crippen LogP contribution >= 0.6 is 0 Å². The molecule has 3 rings (SSSR count). The van der Waals surface area contributed by atoms with E-state index < -0.39 is 11.6 Å². The summed E-state index contributed by atoms with van der Waals surface area (Å²) in [6, 6.07) is 12.0. The van der Waals surface area contributed by atoms with Crippen molar-refractivity contribution < 1.29 is 13.9 Å². The standard InChI is InChI=1S/C17H14F2N2O/c18-12-5-6-14(19)13(7-12)10-1-3-11(4-2-10)17-15(8-20)21-16(17)9-22/h1-7,15-17,21-22H,9H2/t15-,16-,17-/m0/s1. The van der Waals surface area contributed by atoms with E-state index in [1.807, 2.05) is 0 Å². The van der Waals surface area contributed by atoms with Crippen molar-refractivity contribution in [3.8, 4) is 17.2 Å². The molecule has 1 aliphatic rings. The molecule has 1 saturated heterocycles. The van der Waals surface area contributed by atoms with Crippen LogP contribution in [0.15, 0.2) is 42.5 Å². The van der Waals surface area contributed by atoms with Gasteiger partial charge in [0.15, 0.2) is 0 Å². The molecule has 5 heteroatoms. The summed E-state index contributed by atoms with van der Waals surface area (Å²) in [4.78, 5) is 0. The minimum absolute atomic E-state index is 0.0525. The summed E-state index contributed by atoms with van der Waals surface area (Å²) < 4.78 is 27.0. The molecule has 2 N–H and O–H groups in total. The van der Waals surface area contributed by atoms with Gasteiger partial charge in [0.05, 0.1) is 12.7 Å². The normalized spacial score (nSPS) is 23.6. The van der Waals surface area contributed by atoms with Gasteiger partial charge in [0.25, 0.3) is 0 Å². The molecule has 1 heterocycles. The summed E-state index contributed by atoms with van der Waals surface area (Å²) in [6.07, 6.45) is 0. The highest BCUT2D eigenvalue weighted by Gasteiger charge is 2.41. The Morgan fingerprint density at radius 3 is 2.50 bits per heavy atom. The van der Waals surface area contributed by atoms with Crippen LogP contribution in [-0.4, -0.2) is 23.8 Å². The Balaban J connectivity index is 1.90. The molecule has 1 aliphatic heterocycles. The summed E-state index contributed by atoms with van der Waals surface area (Å²) in [7, 11) is 0. The lowest BCUT2D eigenvalue weighted by atomic mass is 9.78. The monoisotopic (exact) mass is 300 g/mol. The highest BCUT2D eigenvalue weighted by molar-refractivity contribution is 5.64. The smallest absolute Gasteiger partial charge is 0.131 e. The van der Waals surface area contributed by atoms with Gasteiger partial charge >= 0.3 is 0 Å². The largest absolute Gasteiger partial charge is 0.395 e. The Hall–Kier alpha value is -2.29. The van der Waals surface area contributed by atoms with Crippen LogP contribution < -0.4 is 5.32 Å². The van der Waals surface area contributed by atoms with Gasteiger partial charge in [0.1, 0.15) is 17.7 Å². The van der Waals surface area contributed by atoms with E-state index in [9.17, 15) is 13.9 Å². The fourth-order valence-corrected chi connectivity index (χ4v) is 2.86. The number of hydrogen-bond acceptors (Lipinski definition) is 3. The molecule has 22 heavy (non-hydrogen) atoms. The van der Waals surface area contributed by atoms with E-state index in [2.05, 4.69) is 11.4 Å². The predicted octanol–water partition coefficient (Wildman–Crippen LogP) is 2.57. The molecule has 0 radical (unpaired) electrons. The highest BCUT2D eigenvalue weighted by Crippen LogP contribution is 2.33. The molecule has 2 aromatic rings. The van der Waals surface area contributed by atoms with Crippen LogP contribution in [0, 0.1) is 23.0 Å². The summed E-state index contributed by atoms with van der Waals surface area (Å²) in [6.45, 7) is -0.0525. The quantitative estimate of drug-likeness (QED) is 0.916. The first-order valence-electron chi connectivity index (χ1n) is 6.96. The second-order valence-electron chi connectivity index (χ2n) is 5.33. The average molecular weight is 300 g/mol. The molecule has 3 atom stereocenters. The van der Waals surface area contributed by atoms with Crippen molar-refractivity contribution in [1.82, 2.24) is 5.32 Å². The number of halogens is 2. The molecule has 1 fully saturated rings. The zero-order chi connectivity index (χ0) is 15.7. The van der Waals surface area contributed by atoms with Gasteiger partial charge in [-0.2, -0.15) is 5.26 Å². The van der Waals surface area contributed by atoms with Gasteiger partial charge in [0, 0.05) is 17.5 Å². The maximum atomic E-state index is 13.8. The van der Waals surface area contributed by atoms with Crippen molar-refractivity contribution in [1.29, 1.82) is 5.26 Å². The molecular weight excluding hydrogens is 286 g/mol. The zero-order valence-electron chi connectivity index (χ0n) is 11.6. The van der Waals surface area contributed by atoms with Crippen molar-refractivity contribution in [3.05, 3.63) is 59.7 Å². The minimum Gasteiger partial charge on any atom is -0.395 e. The lowest BCUT2D eigenvalue weighted by Gasteiger charge is -2.41. The number of nitrogens with one attached hydrogen (secondary N) is 1. The van der Waals surface area contributed by atoms with Crippen LogP contribution in [0.1, 0.15) is 11.5 Å². The molecule has 0 bridgehead atoms. The number of benzene rings is 2. The van der Waals surface area contributed by atoms with E-state index in [4.69, 9.17) is 5.26 Å². The number of nitrogens with zero attached hydrogens (tertiary/aromatic N) is 1. The number of aliphatic hydroxyl groups excluding tert-OH is 1. The molecule has 0 saturated carbocycles. The number of hydrogen-bond donors (Lipinski definition) is 2. The molecule has 3 nitrogen and oxygen atoms in total. The van der Waals surface area contributed by atoms with Crippen LogP contribution in [0.4, 0.5) is 8.78 Å². The van der Waals surface area contributed by atoms with Crippen LogP contribution in [0.25, 0.3) is 11.1 Å². The van der Waals surface area contributed by atoms with Crippen molar-refractivity contribution in [2.75, 3.05) is 6.61 Å². The summed E-state index contributed by atoms with van der Waals surface area (Å²) in [5, 5.41) is 21.3. The van der Waals surface area contributed by atoms with E-state index in [-0.39, 0.29) is 30.2 Å². The fraction of sp³-hybridized carbons (Fsp3) is 0.235. The maximum Gasteiger partial charge on any atom is 0.131 e. The van der Waals surface area contributed by atoms with E-state index in [1.165, 1.54) is 0 Å². The van der Waals surface area contributed by atoms with E-state index >= 15 is 0 Å². The van der Waals surface area contributed by atoms with Gasteiger partial charge in [0.2, 0.25) is 0 Å². The third kappa shape index (κ3) is 2.47. The molecule has 0 unspecified atom stereocenters. The summed E-state index contributed by atoms with van der Waals surface area (Å²) in [5.41, 5.74) is 1.67. The number of rotatable bonds is 3. The molecular formula is C17H14F2N2O. The maximum absolute atomic E-state index is 13.8. The Labute approximate surface area is 126 Å². The van der Waals surface area contributed by atoms with Crippen molar-refractivity contribution in [2.45, 2.75) is 18.0 Å². The molecule has 112 valence electrons.